The number of fused-ring (bicyclic) bond motifs is 1. The van der Waals surface area contributed by atoms with E-state index in [1.165, 1.54) is 30.2 Å². The minimum atomic E-state index is -0.639. The third-order valence-corrected chi connectivity index (χ3v) is 5.02. The van der Waals surface area contributed by atoms with E-state index >= 15 is 0 Å². The number of hydrogen-bond donors (Lipinski definition) is 0. The number of thiazole rings is 1. The number of ether oxygens (including phenoxy) is 1. The molecule has 0 N–H and O–H groups in total. The summed E-state index contributed by atoms with van der Waals surface area (Å²) in [5, 5.41) is 1.93. The molecule has 7 nitrogen and oxygen atoms in total. The van der Waals surface area contributed by atoms with E-state index in [-0.39, 0.29) is 29.0 Å². The second-order valence-corrected chi connectivity index (χ2v) is 7.08. The van der Waals surface area contributed by atoms with Gasteiger partial charge >= 0.3 is 5.97 Å². The molecule has 0 aliphatic carbocycles. The van der Waals surface area contributed by atoms with Gasteiger partial charge in [-0.1, -0.05) is 24.3 Å². The van der Waals surface area contributed by atoms with Crippen molar-refractivity contribution >= 4 is 45.1 Å². The van der Waals surface area contributed by atoms with Gasteiger partial charge in [0.15, 0.2) is 10.8 Å². The predicted octanol–water partition coefficient (Wildman–Crippen LogP) is 4.27. The number of amides is 1. The van der Waals surface area contributed by atoms with E-state index in [9.17, 15) is 14.0 Å². The van der Waals surface area contributed by atoms with Crippen molar-refractivity contribution in [1.29, 1.82) is 0 Å². The van der Waals surface area contributed by atoms with Crippen LogP contribution >= 0.6 is 11.3 Å². The van der Waals surface area contributed by atoms with Crippen LogP contribution in [0.5, 0.6) is 0 Å². The molecule has 0 radical (unpaired) electrons. The van der Waals surface area contributed by atoms with Crippen molar-refractivity contribution in [2.24, 2.45) is 0 Å². The second kappa shape index (κ2) is 8.34. The summed E-state index contributed by atoms with van der Waals surface area (Å²) in [6, 6.07) is 13.1. The molecule has 9 heteroatoms. The topological polar surface area (TPSA) is 85.3 Å². The fourth-order valence-corrected chi connectivity index (χ4v) is 3.64. The van der Waals surface area contributed by atoms with Gasteiger partial charge in [-0.2, -0.15) is 0 Å². The first kappa shape index (κ1) is 19.6. The van der Waals surface area contributed by atoms with Crippen LogP contribution in [0.3, 0.4) is 0 Å². The highest BCUT2D eigenvalue weighted by molar-refractivity contribution is 7.14. The summed E-state index contributed by atoms with van der Waals surface area (Å²) in [6.07, 6.45) is 1.35. The second-order valence-electron chi connectivity index (χ2n) is 6.25. The lowest BCUT2D eigenvalue weighted by atomic mass is 10.3. The molecule has 0 fully saturated rings. The third-order valence-electron chi connectivity index (χ3n) is 4.15. The number of para-hydroxylation sites is 3. The number of aromatic nitrogens is 3. The van der Waals surface area contributed by atoms with Crippen molar-refractivity contribution in [2.75, 3.05) is 4.90 Å². The Bertz CT molecular complexity index is 1240. The van der Waals surface area contributed by atoms with E-state index in [1.54, 1.807) is 35.7 Å². The van der Waals surface area contributed by atoms with Crippen molar-refractivity contribution in [3.63, 3.8) is 0 Å². The minimum Gasteiger partial charge on any atom is -0.454 e. The van der Waals surface area contributed by atoms with Crippen LogP contribution in [-0.2, 0) is 16.1 Å². The zero-order chi connectivity index (χ0) is 21.1. The zero-order valence-electron chi connectivity index (χ0n) is 15.8. The summed E-state index contributed by atoms with van der Waals surface area (Å²) < 4.78 is 19.4. The van der Waals surface area contributed by atoms with Gasteiger partial charge < -0.3 is 4.74 Å². The number of esters is 1. The molecule has 2 heterocycles. The summed E-state index contributed by atoms with van der Waals surface area (Å²) in [5.41, 5.74) is 1.88. The Morgan fingerprint density at radius 1 is 1.07 bits per heavy atom. The highest BCUT2D eigenvalue weighted by Gasteiger charge is 2.21. The number of rotatable bonds is 5. The van der Waals surface area contributed by atoms with E-state index in [1.807, 2.05) is 6.07 Å². The Morgan fingerprint density at radius 3 is 2.57 bits per heavy atom. The number of hydrogen-bond acceptors (Lipinski definition) is 7. The van der Waals surface area contributed by atoms with E-state index < -0.39 is 11.8 Å². The Morgan fingerprint density at radius 2 is 1.80 bits per heavy atom. The largest absolute Gasteiger partial charge is 0.454 e. The van der Waals surface area contributed by atoms with Gasteiger partial charge in [-0.3, -0.25) is 14.7 Å². The van der Waals surface area contributed by atoms with Crippen LogP contribution in [-0.4, -0.2) is 26.8 Å². The molecule has 2 aromatic carbocycles. The molecular formula is C21H15FN4O3S. The van der Waals surface area contributed by atoms with Crippen molar-refractivity contribution in [3.8, 4) is 0 Å². The van der Waals surface area contributed by atoms with Gasteiger partial charge in [0.05, 0.1) is 28.6 Å². The van der Waals surface area contributed by atoms with Crippen molar-refractivity contribution in [2.45, 2.75) is 13.5 Å². The van der Waals surface area contributed by atoms with Crippen molar-refractivity contribution in [1.82, 2.24) is 15.0 Å². The zero-order valence-corrected chi connectivity index (χ0v) is 16.6. The summed E-state index contributed by atoms with van der Waals surface area (Å²) in [4.78, 5) is 38.3. The number of nitrogens with zero attached hydrogens (tertiary/aromatic N) is 4. The van der Waals surface area contributed by atoms with Gasteiger partial charge in [0.2, 0.25) is 5.91 Å². The average molecular weight is 422 g/mol. The highest BCUT2D eigenvalue weighted by Crippen LogP contribution is 2.30. The Balaban J connectivity index is 1.49. The number of anilines is 2. The highest BCUT2D eigenvalue weighted by atomic mass is 32.1. The first-order valence-corrected chi connectivity index (χ1v) is 9.79. The molecule has 0 spiro atoms. The lowest BCUT2D eigenvalue weighted by Crippen LogP contribution is -2.23. The van der Waals surface area contributed by atoms with Crippen LogP contribution in [0.25, 0.3) is 11.0 Å². The Labute approximate surface area is 174 Å². The van der Waals surface area contributed by atoms with Gasteiger partial charge in [0.25, 0.3) is 0 Å². The van der Waals surface area contributed by atoms with Gasteiger partial charge in [-0.15, -0.1) is 11.3 Å². The molecule has 0 atom stereocenters. The summed E-state index contributed by atoms with van der Waals surface area (Å²) >= 11 is 1.15. The van der Waals surface area contributed by atoms with Crippen LogP contribution < -0.4 is 4.90 Å². The molecule has 0 bridgehead atoms. The monoisotopic (exact) mass is 422 g/mol. The van der Waals surface area contributed by atoms with Crippen LogP contribution in [0.2, 0.25) is 0 Å². The Kier molecular flexibility index (Phi) is 5.44. The normalized spacial score (nSPS) is 10.7. The maximum atomic E-state index is 14.1. The smallest absolute Gasteiger partial charge is 0.358 e. The van der Waals surface area contributed by atoms with E-state index in [2.05, 4.69) is 15.0 Å². The van der Waals surface area contributed by atoms with Gasteiger partial charge in [0.1, 0.15) is 12.4 Å². The minimum absolute atomic E-state index is 0.0841. The first-order chi connectivity index (χ1) is 14.5. The molecule has 0 saturated carbocycles. The van der Waals surface area contributed by atoms with E-state index in [0.29, 0.717) is 16.7 Å². The predicted molar refractivity (Wildman–Crippen MR) is 110 cm³/mol. The van der Waals surface area contributed by atoms with Gasteiger partial charge in [-0.25, -0.2) is 19.2 Å². The van der Waals surface area contributed by atoms with E-state index in [4.69, 9.17) is 4.74 Å². The Hall–Kier alpha value is -3.72. The third kappa shape index (κ3) is 4.01. The lowest BCUT2D eigenvalue weighted by Gasteiger charge is -2.18. The molecule has 2 aromatic heterocycles. The molecule has 4 rings (SSSR count). The molecule has 4 aromatic rings. The van der Waals surface area contributed by atoms with Crippen LogP contribution in [0.15, 0.2) is 60.1 Å². The van der Waals surface area contributed by atoms with Gasteiger partial charge in [-0.05, 0) is 24.3 Å². The van der Waals surface area contributed by atoms with E-state index in [0.717, 1.165) is 11.3 Å². The number of halogens is 1. The maximum absolute atomic E-state index is 14.1. The van der Waals surface area contributed by atoms with Crippen LogP contribution in [0.1, 0.15) is 23.1 Å². The summed E-state index contributed by atoms with van der Waals surface area (Å²) in [7, 11) is 0. The molecular weight excluding hydrogens is 407 g/mol. The molecule has 30 heavy (non-hydrogen) atoms. The SMILES string of the molecule is CC(=O)N(c1nc(COC(=O)c2cnc3ccccc3n2)cs1)c1ccccc1F. The molecule has 0 aliphatic rings. The first-order valence-electron chi connectivity index (χ1n) is 8.91. The standard InChI is InChI=1S/C21H15FN4O3S/c1-13(27)26(19-9-5-2-6-15(19)22)21-24-14(12-30-21)11-29-20(28)18-10-23-16-7-3-4-8-17(16)25-18/h2-10,12H,11H2,1H3. The van der Waals surface area contributed by atoms with Crippen molar-refractivity contribution in [3.05, 3.63) is 77.3 Å². The van der Waals surface area contributed by atoms with Crippen LogP contribution in [0.4, 0.5) is 15.2 Å². The number of carbonyl (C=O) groups excluding carboxylic acids is 2. The van der Waals surface area contributed by atoms with Crippen LogP contribution in [0, 0.1) is 5.82 Å². The lowest BCUT2D eigenvalue weighted by molar-refractivity contribution is -0.115. The average Bonchev–Trinajstić information content (AvgIpc) is 3.21. The summed E-state index contributed by atoms with van der Waals surface area (Å²) in [5.74, 6) is -1.56. The van der Waals surface area contributed by atoms with Crippen molar-refractivity contribution < 1.29 is 18.7 Å². The molecule has 0 unspecified atom stereocenters. The molecule has 0 saturated heterocycles. The number of benzene rings is 2. The fourth-order valence-electron chi connectivity index (χ4n) is 2.77. The molecule has 1 amide bonds. The van der Waals surface area contributed by atoms with Gasteiger partial charge in [0, 0.05) is 12.3 Å². The molecule has 150 valence electrons. The number of carbonyl (C=O) groups is 2. The quantitative estimate of drug-likeness (QED) is 0.447. The fraction of sp³-hybridized carbons (Fsp3) is 0.0952. The molecule has 0 aliphatic heterocycles. The summed E-state index contributed by atoms with van der Waals surface area (Å²) in [6.45, 7) is 1.21. The maximum Gasteiger partial charge on any atom is 0.358 e.